The zero-order valence-electron chi connectivity index (χ0n) is 11.3. The predicted octanol–water partition coefficient (Wildman–Crippen LogP) is 2.87. The zero-order chi connectivity index (χ0) is 14.9. The van der Waals surface area contributed by atoms with Gasteiger partial charge in [0.15, 0.2) is 0 Å². The number of amides is 1. The standard InChI is InChI=1S/C13H14N2O4S/c1-4-8-10(7(3)19-15-8)12(16)14-9-5-6(2)11(20-9)13(17)18/h5H,4H2,1-3H3,(H,14,16)(H,17,18). The first-order valence-corrected chi connectivity index (χ1v) is 6.85. The highest BCUT2D eigenvalue weighted by molar-refractivity contribution is 7.18. The number of carbonyl (C=O) groups is 2. The van der Waals surface area contributed by atoms with Crippen LogP contribution in [0, 0.1) is 13.8 Å². The minimum atomic E-state index is -0.997. The van der Waals surface area contributed by atoms with Gasteiger partial charge >= 0.3 is 5.97 Å². The van der Waals surface area contributed by atoms with Crippen LogP contribution in [0.5, 0.6) is 0 Å². The first-order valence-electron chi connectivity index (χ1n) is 6.04. The largest absolute Gasteiger partial charge is 0.477 e. The quantitative estimate of drug-likeness (QED) is 0.904. The van der Waals surface area contributed by atoms with Gasteiger partial charge in [-0.2, -0.15) is 0 Å². The third-order valence-corrected chi connectivity index (χ3v) is 3.98. The summed E-state index contributed by atoms with van der Waals surface area (Å²) in [6.07, 6.45) is 0.587. The van der Waals surface area contributed by atoms with Gasteiger partial charge in [-0.05, 0) is 31.9 Å². The van der Waals surface area contributed by atoms with Gasteiger partial charge in [0, 0.05) is 0 Å². The van der Waals surface area contributed by atoms with Crippen molar-refractivity contribution in [2.24, 2.45) is 0 Å². The highest BCUT2D eigenvalue weighted by Gasteiger charge is 2.21. The minimum Gasteiger partial charge on any atom is -0.477 e. The summed E-state index contributed by atoms with van der Waals surface area (Å²) in [5.41, 5.74) is 1.62. The van der Waals surface area contributed by atoms with Crippen molar-refractivity contribution in [1.82, 2.24) is 5.16 Å². The summed E-state index contributed by atoms with van der Waals surface area (Å²) >= 11 is 1.03. The molecule has 2 aromatic heterocycles. The number of carboxylic acids is 1. The average Bonchev–Trinajstić information content (AvgIpc) is 2.92. The molecule has 0 spiro atoms. The molecule has 2 N–H and O–H groups in total. The Balaban J connectivity index is 2.26. The van der Waals surface area contributed by atoms with E-state index < -0.39 is 5.97 Å². The topological polar surface area (TPSA) is 92.4 Å². The molecule has 2 rings (SSSR count). The smallest absolute Gasteiger partial charge is 0.346 e. The van der Waals surface area contributed by atoms with Crippen LogP contribution in [0.3, 0.4) is 0 Å². The molecule has 2 aromatic rings. The molecule has 106 valence electrons. The maximum absolute atomic E-state index is 12.2. The number of carbonyl (C=O) groups excluding carboxylic acids is 1. The Morgan fingerprint density at radius 3 is 2.70 bits per heavy atom. The number of aryl methyl sites for hydroxylation is 3. The zero-order valence-corrected chi connectivity index (χ0v) is 12.1. The second-order valence-corrected chi connectivity index (χ2v) is 5.35. The number of aromatic carboxylic acids is 1. The number of aromatic nitrogens is 1. The summed E-state index contributed by atoms with van der Waals surface area (Å²) in [7, 11) is 0. The van der Waals surface area contributed by atoms with Crippen molar-refractivity contribution in [2.45, 2.75) is 27.2 Å². The fraction of sp³-hybridized carbons (Fsp3) is 0.308. The van der Waals surface area contributed by atoms with Crippen molar-refractivity contribution < 1.29 is 19.2 Å². The molecule has 2 heterocycles. The van der Waals surface area contributed by atoms with Gasteiger partial charge in [0.25, 0.3) is 5.91 Å². The van der Waals surface area contributed by atoms with Crippen molar-refractivity contribution in [2.75, 3.05) is 5.32 Å². The normalized spacial score (nSPS) is 10.6. The third kappa shape index (κ3) is 2.57. The first-order chi connectivity index (χ1) is 9.43. The Labute approximate surface area is 119 Å². The van der Waals surface area contributed by atoms with E-state index in [1.54, 1.807) is 19.9 Å². The molecule has 0 atom stereocenters. The number of rotatable bonds is 4. The van der Waals surface area contributed by atoms with Crippen LogP contribution < -0.4 is 5.32 Å². The van der Waals surface area contributed by atoms with Crippen molar-refractivity contribution in [3.05, 3.63) is 33.5 Å². The molecule has 0 aromatic carbocycles. The van der Waals surface area contributed by atoms with Crippen LogP contribution in [0.1, 0.15) is 44.0 Å². The Bertz CT molecular complexity index is 672. The lowest BCUT2D eigenvalue weighted by Gasteiger charge is -2.01. The van der Waals surface area contributed by atoms with Crippen molar-refractivity contribution >= 4 is 28.2 Å². The predicted molar refractivity (Wildman–Crippen MR) is 74.6 cm³/mol. The molecule has 7 heteroatoms. The van der Waals surface area contributed by atoms with E-state index in [0.717, 1.165) is 11.3 Å². The van der Waals surface area contributed by atoms with E-state index in [4.69, 9.17) is 9.63 Å². The van der Waals surface area contributed by atoms with Crippen molar-refractivity contribution in [3.8, 4) is 0 Å². The summed E-state index contributed by atoms with van der Waals surface area (Å²) in [5, 5.41) is 16.0. The highest BCUT2D eigenvalue weighted by atomic mass is 32.1. The van der Waals surface area contributed by atoms with Crippen LogP contribution in [0.15, 0.2) is 10.6 Å². The van der Waals surface area contributed by atoms with E-state index in [1.807, 2.05) is 6.92 Å². The van der Waals surface area contributed by atoms with Crippen LogP contribution in [0.4, 0.5) is 5.00 Å². The number of hydrogen-bond acceptors (Lipinski definition) is 5. The molecule has 0 aliphatic carbocycles. The molecule has 0 saturated carbocycles. The number of anilines is 1. The molecule has 0 unspecified atom stereocenters. The van der Waals surface area contributed by atoms with E-state index in [2.05, 4.69) is 10.5 Å². The lowest BCUT2D eigenvalue weighted by Crippen LogP contribution is -2.13. The van der Waals surface area contributed by atoms with Gasteiger partial charge in [-0.3, -0.25) is 4.79 Å². The van der Waals surface area contributed by atoms with Crippen molar-refractivity contribution in [3.63, 3.8) is 0 Å². The molecule has 0 bridgehead atoms. The molecule has 0 saturated heterocycles. The lowest BCUT2D eigenvalue weighted by atomic mass is 10.1. The number of carboxylic acid groups (broad SMARTS) is 1. The summed E-state index contributed by atoms with van der Waals surface area (Å²) in [4.78, 5) is 23.4. The van der Waals surface area contributed by atoms with Gasteiger partial charge in [0.1, 0.15) is 16.2 Å². The van der Waals surface area contributed by atoms with Gasteiger partial charge in [0.05, 0.1) is 10.7 Å². The monoisotopic (exact) mass is 294 g/mol. The SMILES string of the molecule is CCc1noc(C)c1C(=O)Nc1cc(C)c(C(=O)O)s1. The van der Waals surface area contributed by atoms with E-state index >= 15 is 0 Å². The molecule has 0 radical (unpaired) electrons. The van der Waals surface area contributed by atoms with Crippen LogP contribution in [-0.2, 0) is 6.42 Å². The lowest BCUT2D eigenvalue weighted by molar-refractivity contribution is 0.0701. The maximum atomic E-state index is 12.2. The van der Waals surface area contributed by atoms with Crippen LogP contribution in [0.25, 0.3) is 0 Å². The van der Waals surface area contributed by atoms with E-state index in [1.165, 1.54) is 0 Å². The number of thiophene rings is 1. The van der Waals surface area contributed by atoms with Crippen LogP contribution >= 0.6 is 11.3 Å². The summed E-state index contributed by atoms with van der Waals surface area (Å²) in [6.45, 7) is 5.24. The van der Waals surface area contributed by atoms with Gasteiger partial charge in [0.2, 0.25) is 0 Å². The Kier molecular flexibility index (Phi) is 3.89. The summed E-state index contributed by atoms with van der Waals surface area (Å²) in [6, 6.07) is 1.64. The van der Waals surface area contributed by atoms with E-state index in [9.17, 15) is 9.59 Å². The minimum absolute atomic E-state index is 0.220. The molecule has 0 aliphatic heterocycles. The summed E-state index contributed by atoms with van der Waals surface area (Å²) in [5.74, 6) is -0.881. The van der Waals surface area contributed by atoms with Gasteiger partial charge in [-0.15, -0.1) is 11.3 Å². The fourth-order valence-electron chi connectivity index (χ4n) is 1.88. The number of nitrogens with one attached hydrogen (secondary N) is 1. The molecule has 1 amide bonds. The molecular weight excluding hydrogens is 280 g/mol. The average molecular weight is 294 g/mol. The van der Waals surface area contributed by atoms with Gasteiger partial charge in [-0.25, -0.2) is 4.79 Å². The Morgan fingerprint density at radius 2 is 2.15 bits per heavy atom. The van der Waals surface area contributed by atoms with Gasteiger partial charge in [-0.1, -0.05) is 12.1 Å². The molecule has 6 nitrogen and oxygen atoms in total. The number of hydrogen-bond donors (Lipinski definition) is 2. The fourth-order valence-corrected chi connectivity index (χ4v) is 2.79. The van der Waals surface area contributed by atoms with Crippen LogP contribution in [0.2, 0.25) is 0 Å². The first kappa shape index (κ1) is 14.3. The van der Waals surface area contributed by atoms with E-state index in [-0.39, 0.29) is 10.8 Å². The highest BCUT2D eigenvalue weighted by Crippen LogP contribution is 2.27. The second kappa shape index (κ2) is 5.46. The Hall–Kier alpha value is -2.15. The van der Waals surface area contributed by atoms with Crippen LogP contribution in [-0.4, -0.2) is 22.1 Å². The maximum Gasteiger partial charge on any atom is 0.346 e. The molecule has 0 fully saturated rings. The molecule has 0 aliphatic rings. The van der Waals surface area contributed by atoms with Crippen molar-refractivity contribution in [1.29, 1.82) is 0 Å². The number of nitrogens with zero attached hydrogens (tertiary/aromatic N) is 1. The van der Waals surface area contributed by atoms with Gasteiger partial charge < -0.3 is 14.9 Å². The third-order valence-electron chi connectivity index (χ3n) is 2.84. The summed E-state index contributed by atoms with van der Waals surface area (Å²) < 4.78 is 5.01. The molecule has 20 heavy (non-hydrogen) atoms. The Morgan fingerprint density at radius 1 is 1.45 bits per heavy atom. The molecular formula is C13H14N2O4S. The van der Waals surface area contributed by atoms with E-state index in [0.29, 0.717) is 34.0 Å². The second-order valence-electron chi connectivity index (χ2n) is 4.30.